The summed E-state index contributed by atoms with van der Waals surface area (Å²) >= 11 is 0. The third-order valence-corrected chi connectivity index (χ3v) is 5.15. The average Bonchev–Trinajstić information content (AvgIpc) is 2.75. The van der Waals surface area contributed by atoms with Crippen molar-refractivity contribution >= 4 is 11.8 Å². The zero-order valence-electron chi connectivity index (χ0n) is 17.3. The first-order chi connectivity index (χ1) is 14.2. The summed E-state index contributed by atoms with van der Waals surface area (Å²) in [7, 11) is 0. The second kappa shape index (κ2) is 9.05. The normalized spacial score (nSPS) is 14.9. The van der Waals surface area contributed by atoms with E-state index in [2.05, 4.69) is 89.6 Å². The van der Waals surface area contributed by atoms with Gasteiger partial charge in [-0.05, 0) is 19.4 Å². The van der Waals surface area contributed by atoms with E-state index in [4.69, 9.17) is 9.97 Å². The number of piperazine rings is 1. The molecule has 0 atom stereocenters. The second-order valence-corrected chi connectivity index (χ2v) is 7.85. The number of hydrogen-bond acceptors (Lipinski definition) is 5. The zero-order chi connectivity index (χ0) is 20.1. The summed E-state index contributed by atoms with van der Waals surface area (Å²) in [5.41, 5.74) is 3.45. The van der Waals surface area contributed by atoms with Crippen LogP contribution >= 0.6 is 0 Å². The maximum absolute atomic E-state index is 4.82. The molecule has 150 valence electrons. The molecule has 29 heavy (non-hydrogen) atoms. The molecule has 0 bridgehead atoms. The summed E-state index contributed by atoms with van der Waals surface area (Å²) in [5, 5.41) is 3.38. The molecule has 1 saturated heterocycles. The first kappa shape index (κ1) is 19.4. The van der Waals surface area contributed by atoms with Crippen molar-refractivity contribution in [1.29, 1.82) is 0 Å². The highest BCUT2D eigenvalue weighted by Crippen LogP contribution is 2.24. The van der Waals surface area contributed by atoms with Crippen LogP contribution in [0.3, 0.4) is 0 Å². The fourth-order valence-electron chi connectivity index (χ4n) is 3.65. The number of nitrogens with one attached hydrogen (secondary N) is 1. The number of anilines is 2. The van der Waals surface area contributed by atoms with Gasteiger partial charge in [0.25, 0.3) is 0 Å². The van der Waals surface area contributed by atoms with E-state index >= 15 is 0 Å². The van der Waals surface area contributed by atoms with Gasteiger partial charge >= 0.3 is 0 Å². The van der Waals surface area contributed by atoms with Crippen LogP contribution < -0.4 is 10.2 Å². The lowest BCUT2D eigenvalue weighted by Crippen LogP contribution is -2.46. The van der Waals surface area contributed by atoms with E-state index in [-0.39, 0.29) is 6.04 Å². The molecule has 5 heteroatoms. The Morgan fingerprint density at radius 1 is 0.862 bits per heavy atom. The number of hydrogen-bond donors (Lipinski definition) is 1. The van der Waals surface area contributed by atoms with Crippen LogP contribution in [0.25, 0.3) is 11.3 Å². The van der Waals surface area contributed by atoms with Gasteiger partial charge in [0, 0.05) is 50.4 Å². The Bertz CT molecular complexity index is 903. The van der Waals surface area contributed by atoms with Crippen molar-refractivity contribution < 1.29 is 0 Å². The van der Waals surface area contributed by atoms with E-state index in [1.54, 1.807) is 0 Å². The zero-order valence-corrected chi connectivity index (χ0v) is 17.3. The highest BCUT2D eigenvalue weighted by molar-refractivity contribution is 5.65. The Morgan fingerprint density at radius 3 is 2.17 bits per heavy atom. The van der Waals surface area contributed by atoms with Crippen LogP contribution in [0.15, 0.2) is 66.7 Å². The first-order valence-electron chi connectivity index (χ1n) is 10.4. The third-order valence-electron chi connectivity index (χ3n) is 5.15. The number of rotatable bonds is 6. The Kier molecular flexibility index (Phi) is 6.06. The molecule has 1 aliphatic heterocycles. The van der Waals surface area contributed by atoms with Crippen molar-refractivity contribution in [3.63, 3.8) is 0 Å². The molecule has 0 unspecified atom stereocenters. The molecule has 2 aromatic carbocycles. The van der Waals surface area contributed by atoms with Gasteiger partial charge in [0.1, 0.15) is 5.82 Å². The Hall–Kier alpha value is -2.92. The van der Waals surface area contributed by atoms with Gasteiger partial charge in [0.15, 0.2) is 0 Å². The molecule has 0 saturated carbocycles. The SMILES string of the molecule is CC(C)Nc1nc(-c2ccccc2)cc(N2CCN(Cc3ccccc3)CC2)n1. The van der Waals surface area contributed by atoms with Gasteiger partial charge in [0.05, 0.1) is 5.69 Å². The van der Waals surface area contributed by atoms with Gasteiger partial charge in [-0.15, -0.1) is 0 Å². The number of benzene rings is 2. The predicted molar refractivity (Wildman–Crippen MR) is 120 cm³/mol. The van der Waals surface area contributed by atoms with Crippen LogP contribution in [0.2, 0.25) is 0 Å². The highest BCUT2D eigenvalue weighted by Gasteiger charge is 2.20. The average molecular weight is 388 g/mol. The first-order valence-corrected chi connectivity index (χ1v) is 10.4. The van der Waals surface area contributed by atoms with Gasteiger partial charge in [-0.25, -0.2) is 4.98 Å². The van der Waals surface area contributed by atoms with Crippen LogP contribution in [0.4, 0.5) is 11.8 Å². The summed E-state index contributed by atoms with van der Waals surface area (Å²) in [6.45, 7) is 9.24. The van der Waals surface area contributed by atoms with Crippen molar-refractivity contribution in [2.24, 2.45) is 0 Å². The smallest absolute Gasteiger partial charge is 0.225 e. The highest BCUT2D eigenvalue weighted by atomic mass is 15.3. The monoisotopic (exact) mass is 387 g/mol. The second-order valence-electron chi connectivity index (χ2n) is 7.85. The molecule has 0 amide bonds. The van der Waals surface area contributed by atoms with Crippen LogP contribution in [-0.4, -0.2) is 47.1 Å². The predicted octanol–water partition coefficient (Wildman–Crippen LogP) is 4.29. The fraction of sp³-hybridized carbons (Fsp3) is 0.333. The van der Waals surface area contributed by atoms with E-state index in [0.29, 0.717) is 5.95 Å². The van der Waals surface area contributed by atoms with Crippen molar-refractivity contribution in [3.8, 4) is 11.3 Å². The fourth-order valence-corrected chi connectivity index (χ4v) is 3.65. The Labute approximate surface area is 173 Å². The summed E-state index contributed by atoms with van der Waals surface area (Å²) < 4.78 is 0. The molecule has 3 aromatic rings. The number of nitrogens with zero attached hydrogens (tertiary/aromatic N) is 4. The molecule has 0 spiro atoms. The minimum Gasteiger partial charge on any atom is -0.354 e. The minimum absolute atomic E-state index is 0.289. The maximum atomic E-state index is 4.82. The van der Waals surface area contributed by atoms with Gasteiger partial charge in [-0.3, -0.25) is 4.90 Å². The molecule has 1 fully saturated rings. The van der Waals surface area contributed by atoms with Crippen LogP contribution in [0.1, 0.15) is 19.4 Å². The van der Waals surface area contributed by atoms with Gasteiger partial charge in [-0.2, -0.15) is 4.98 Å². The van der Waals surface area contributed by atoms with E-state index in [9.17, 15) is 0 Å². The lowest BCUT2D eigenvalue weighted by Gasteiger charge is -2.35. The quantitative estimate of drug-likeness (QED) is 0.684. The van der Waals surface area contributed by atoms with Crippen molar-refractivity contribution in [2.75, 3.05) is 36.4 Å². The molecule has 1 N–H and O–H groups in total. The largest absolute Gasteiger partial charge is 0.354 e. The third kappa shape index (κ3) is 5.12. The number of aromatic nitrogens is 2. The van der Waals surface area contributed by atoms with Crippen molar-refractivity contribution in [3.05, 3.63) is 72.3 Å². The topological polar surface area (TPSA) is 44.3 Å². The molecular formula is C24H29N5. The Balaban J connectivity index is 1.50. The van der Waals surface area contributed by atoms with E-state index in [0.717, 1.165) is 49.8 Å². The van der Waals surface area contributed by atoms with Crippen LogP contribution in [0.5, 0.6) is 0 Å². The minimum atomic E-state index is 0.289. The van der Waals surface area contributed by atoms with E-state index in [1.807, 2.05) is 6.07 Å². The molecule has 1 aliphatic rings. The molecular weight excluding hydrogens is 358 g/mol. The standard InChI is InChI=1S/C24H29N5/c1-19(2)25-24-26-22(21-11-7-4-8-12-21)17-23(27-24)29-15-13-28(14-16-29)18-20-9-5-3-6-10-20/h3-12,17,19H,13-16,18H2,1-2H3,(H,25,26,27). The maximum Gasteiger partial charge on any atom is 0.225 e. The summed E-state index contributed by atoms with van der Waals surface area (Å²) in [4.78, 5) is 14.5. The summed E-state index contributed by atoms with van der Waals surface area (Å²) in [6.07, 6.45) is 0. The molecule has 0 radical (unpaired) electrons. The van der Waals surface area contributed by atoms with Crippen LogP contribution in [-0.2, 0) is 6.54 Å². The van der Waals surface area contributed by atoms with Gasteiger partial charge in [0.2, 0.25) is 5.95 Å². The van der Waals surface area contributed by atoms with Gasteiger partial charge < -0.3 is 10.2 Å². The lowest BCUT2D eigenvalue weighted by atomic mass is 10.1. The molecule has 4 rings (SSSR count). The molecule has 1 aromatic heterocycles. The Morgan fingerprint density at radius 2 is 1.52 bits per heavy atom. The summed E-state index contributed by atoms with van der Waals surface area (Å²) in [5.74, 6) is 1.70. The van der Waals surface area contributed by atoms with E-state index < -0.39 is 0 Å². The molecule has 5 nitrogen and oxygen atoms in total. The van der Waals surface area contributed by atoms with Crippen molar-refractivity contribution in [1.82, 2.24) is 14.9 Å². The molecule has 0 aliphatic carbocycles. The van der Waals surface area contributed by atoms with Crippen LogP contribution in [0, 0.1) is 0 Å². The molecule has 2 heterocycles. The van der Waals surface area contributed by atoms with E-state index in [1.165, 1.54) is 5.56 Å². The van der Waals surface area contributed by atoms with Gasteiger partial charge in [-0.1, -0.05) is 60.7 Å². The lowest BCUT2D eigenvalue weighted by molar-refractivity contribution is 0.249. The summed E-state index contributed by atoms with van der Waals surface area (Å²) in [6, 6.07) is 23.4. The van der Waals surface area contributed by atoms with Crippen molar-refractivity contribution in [2.45, 2.75) is 26.4 Å².